The van der Waals surface area contributed by atoms with E-state index in [1.165, 1.54) is 37.7 Å². The highest BCUT2D eigenvalue weighted by molar-refractivity contribution is 6.45. The second-order valence-electron chi connectivity index (χ2n) is 8.34. The van der Waals surface area contributed by atoms with Crippen molar-refractivity contribution in [2.75, 3.05) is 0 Å². The smallest absolute Gasteiger partial charge is 0.403 e. The summed E-state index contributed by atoms with van der Waals surface area (Å²) in [6.45, 7) is 8.58. The Kier molecular flexibility index (Phi) is 4.89. The van der Waals surface area contributed by atoms with E-state index < -0.39 is 0 Å². The van der Waals surface area contributed by atoms with Gasteiger partial charge < -0.3 is 9.31 Å². The standard InChI is InChI=1S/C20H31BO2/c1-19(2)20(3,4)23-21(22-19)15-18(16-11-7-5-8-12-16)17-13-9-6-10-14-17/h5,7-8,11-12,17-18H,6,9-10,13-15H2,1-4H3/t18-/m1/s1. The van der Waals surface area contributed by atoms with Crippen LogP contribution in [0.15, 0.2) is 30.3 Å². The maximum Gasteiger partial charge on any atom is 0.458 e. The Bertz CT molecular complexity index is 490. The summed E-state index contributed by atoms with van der Waals surface area (Å²) >= 11 is 0. The van der Waals surface area contributed by atoms with Gasteiger partial charge in [-0.1, -0.05) is 49.6 Å². The van der Waals surface area contributed by atoms with E-state index in [0.29, 0.717) is 5.92 Å². The van der Waals surface area contributed by atoms with Gasteiger partial charge in [0.25, 0.3) is 0 Å². The molecule has 1 aliphatic carbocycles. The van der Waals surface area contributed by atoms with Crippen molar-refractivity contribution in [3.8, 4) is 0 Å². The second-order valence-corrected chi connectivity index (χ2v) is 8.34. The van der Waals surface area contributed by atoms with Crippen LogP contribution in [0.25, 0.3) is 0 Å². The van der Waals surface area contributed by atoms with Crippen LogP contribution in [-0.2, 0) is 9.31 Å². The molecule has 1 aliphatic heterocycles. The molecule has 2 fully saturated rings. The first-order valence-corrected chi connectivity index (χ1v) is 9.30. The third-order valence-corrected chi connectivity index (χ3v) is 6.20. The molecule has 0 bridgehead atoms. The zero-order valence-corrected chi connectivity index (χ0v) is 15.2. The van der Waals surface area contributed by atoms with Crippen LogP contribution in [0.3, 0.4) is 0 Å². The van der Waals surface area contributed by atoms with E-state index >= 15 is 0 Å². The summed E-state index contributed by atoms with van der Waals surface area (Å²) in [5.41, 5.74) is 0.992. The summed E-state index contributed by atoms with van der Waals surface area (Å²) in [7, 11) is -0.0906. The van der Waals surface area contributed by atoms with Crippen LogP contribution < -0.4 is 0 Å². The van der Waals surface area contributed by atoms with Crippen molar-refractivity contribution in [3.05, 3.63) is 35.9 Å². The van der Waals surface area contributed by atoms with Crippen molar-refractivity contribution < 1.29 is 9.31 Å². The van der Waals surface area contributed by atoms with Gasteiger partial charge in [0.05, 0.1) is 11.2 Å². The van der Waals surface area contributed by atoms with E-state index in [1.807, 2.05) is 0 Å². The third kappa shape index (κ3) is 3.66. The van der Waals surface area contributed by atoms with Crippen LogP contribution in [0, 0.1) is 5.92 Å². The van der Waals surface area contributed by atoms with E-state index in [1.54, 1.807) is 0 Å². The largest absolute Gasteiger partial charge is 0.458 e. The average molecular weight is 314 g/mol. The average Bonchev–Trinajstić information content (AvgIpc) is 2.74. The maximum absolute atomic E-state index is 6.28. The molecule has 23 heavy (non-hydrogen) atoms. The molecule has 1 saturated carbocycles. The molecule has 1 aromatic carbocycles. The first-order valence-electron chi connectivity index (χ1n) is 9.30. The quantitative estimate of drug-likeness (QED) is 0.689. The van der Waals surface area contributed by atoms with Gasteiger partial charge in [0, 0.05) is 0 Å². The molecular weight excluding hydrogens is 283 g/mol. The van der Waals surface area contributed by atoms with Crippen LogP contribution in [0.2, 0.25) is 6.32 Å². The van der Waals surface area contributed by atoms with Gasteiger partial charge in [-0.3, -0.25) is 0 Å². The minimum Gasteiger partial charge on any atom is -0.403 e. The number of rotatable bonds is 4. The lowest BCUT2D eigenvalue weighted by Crippen LogP contribution is -2.41. The van der Waals surface area contributed by atoms with Crippen LogP contribution in [0.1, 0.15) is 71.3 Å². The summed E-state index contributed by atoms with van der Waals surface area (Å²) in [5, 5.41) is 0. The normalized spacial score (nSPS) is 25.5. The van der Waals surface area contributed by atoms with Crippen molar-refractivity contribution >= 4 is 7.12 Å². The Morgan fingerprint density at radius 2 is 1.52 bits per heavy atom. The minimum absolute atomic E-state index is 0.0906. The van der Waals surface area contributed by atoms with Crippen molar-refractivity contribution in [3.63, 3.8) is 0 Å². The Balaban J connectivity index is 1.77. The molecule has 1 saturated heterocycles. The monoisotopic (exact) mass is 314 g/mol. The lowest BCUT2D eigenvalue weighted by Gasteiger charge is -2.32. The fraction of sp³-hybridized carbons (Fsp3) is 0.700. The van der Waals surface area contributed by atoms with Crippen LogP contribution in [0.4, 0.5) is 0 Å². The van der Waals surface area contributed by atoms with E-state index in [-0.39, 0.29) is 18.3 Å². The lowest BCUT2D eigenvalue weighted by molar-refractivity contribution is 0.00578. The molecule has 0 unspecified atom stereocenters. The summed E-state index contributed by atoms with van der Waals surface area (Å²) in [6, 6.07) is 11.0. The molecule has 1 atom stereocenters. The number of benzene rings is 1. The van der Waals surface area contributed by atoms with Gasteiger partial charge >= 0.3 is 7.12 Å². The zero-order valence-electron chi connectivity index (χ0n) is 15.2. The maximum atomic E-state index is 6.28. The molecule has 1 aromatic rings. The van der Waals surface area contributed by atoms with Gasteiger partial charge in [-0.25, -0.2) is 0 Å². The van der Waals surface area contributed by atoms with Gasteiger partial charge in [0.1, 0.15) is 0 Å². The molecule has 0 amide bonds. The highest BCUT2D eigenvalue weighted by Crippen LogP contribution is 2.44. The van der Waals surface area contributed by atoms with Gasteiger partial charge in [0.15, 0.2) is 0 Å². The van der Waals surface area contributed by atoms with E-state index in [4.69, 9.17) is 9.31 Å². The molecule has 0 spiro atoms. The molecule has 126 valence electrons. The van der Waals surface area contributed by atoms with Crippen LogP contribution in [-0.4, -0.2) is 18.3 Å². The predicted octanol–water partition coefficient (Wildman–Crippen LogP) is 5.44. The number of hydrogen-bond donors (Lipinski definition) is 0. The summed E-state index contributed by atoms with van der Waals surface area (Å²) in [5.74, 6) is 1.32. The van der Waals surface area contributed by atoms with Crippen molar-refractivity contribution in [2.45, 2.75) is 83.2 Å². The topological polar surface area (TPSA) is 18.5 Å². The molecule has 0 radical (unpaired) electrons. The van der Waals surface area contributed by atoms with Crippen molar-refractivity contribution in [1.29, 1.82) is 0 Å². The molecule has 0 aromatic heterocycles. The van der Waals surface area contributed by atoms with Crippen molar-refractivity contribution in [2.24, 2.45) is 5.92 Å². The van der Waals surface area contributed by atoms with E-state index in [2.05, 4.69) is 58.0 Å². The zero-order chi connectivity index (χ0) is 16.5. The fourth-order valence-corrected chi connectivity index (χ4v) is 4.11. The molecule has 3 rings (SSSR count). The first kappa shape index (κ1) is 17.0. The highest BCUT2D eigenvalue weighted by atomic mass is 16.7. The van der Waals surface area contributed by atoms with Gasteiger partial charge in [0.2, 0.25) is 0 Å². The summed E-state index contributed by atoms with van der Waals surface area (Å²) in [6.07, 6.45) is 7.81. The Hall–Kier alpha value is -0.795. The molecule has 0 N–H and O–H groups in total. The lowest BCUT2D eigenvalue weighted by atomic mass is 9.66. The minimum atomic E-state index is -0.231. The second kappa shape index (κ2) is 6.60. The van der Waals surface area contributed by atoms with E-state index in [0.717, 1.165) is 12.2 Å². The number of hydrogen-bond acceptors (Lipinski definition) is 2. The Labute approximate surface area is 142 Å². The Morgan fingerprint density at radius 3 is 2.09 bits per heavy atom. The summed E-state index contributed by atoms with van der Waals surface area (Å²) < 4.78 is 12.6. The van der Waals surface area contributed by atoms with Gasteiger partial charge in [-0.2, -0.15) is 0 Å². The molecule has 1 heterocycles. The highest BCUT2D eigenvalue weighted by Gasteiger charge is 2.51. The fourth-order valence-electron chi connectivity index (χ4n) is 4.11. The first-order chi connectivity index (χ1) is 10.9. The third-order valence-electron chi connectivity index (χ3n) is 6.20. The van der Waals surface area contributed by atoms with Gasteiger partial charge in [-0.05, 0) is 64.3 Å². The molecule has 2 aliphatic rings. The Morgan fingerprint density at radius 1 is 0.957 bits per heavy atom. The van der Waals surface area contributed by atoms with Crippen molar-refractivity contribution in [1.82, 2.24) is 0 Å². The van der Waals surface area contributed by atoms with Crippen LogP contribution >= 0.6 is 0 Å². The van der Waals surface area contributed by atoms with Crippen LogP contribution in [0.5, 0.6) is 0 Å². The molecule has 3 heteroatoms. The van der Waals surface area contributed by atoms with E-state index in [9.17, 15) is 0 Å². The predicted molar refractivity (Wildman–Crippen MR) is 96.6 cm³/mol. The molecular formula is C20H31BO2. The van der Waals surface area contributed by atoms with Gasteiger partial charge in [-0.15, -0.1) is 0 Å². The SMILES string of the molecule is CC1(C)OB(C[C@H](c2ccccc2)C2CCCCC2)OC1(C)C. The molecule has 2 nitrogen and oxygen atoms in total. The summed E-state index contributed by atoms with van der Waals surface area (Å²) in [4.78, 5) is 0.